The Balaban J connectivity index is 1.98. The van der Waals surface area contributed by atoms with E-state index < -0.39 is 5.91 Å². The molecule has 0 radical (unpaired) electrons. The number of hydrogen-bond donors (Lipinski definition) is 2. The number of carbonyl (C=O) groups excluding carboxylic acids is 1. The van der Waals surface area contributed by atoms with Gasteiger partial charge in [0.1, 0.15) is 0 Å². The zero-order chi connectivity index (χ0) is 17.3. The SMILES string of the molecule is NC(=O)C(=NNc1cc(Cl)c(Cl)cc1Cl)c1nc2ccccc2s1. The van der Waals surface area contributed by atoms with E-state index in [9.17, 15) is 4.79 Å². The normalized spacial score (nSPS) is 11.7. The number of carbonyl (C=O) groups is 1. The van der Waals surface area contributed by atoms with Crippen molar-refractivity contribution < 1.29 is 4.79 Å². The fourth-order valence-electron chi connectivity index (χ4n) is 1.91. The fraction of sp³-hybridized carbons (Fsp3) is 0. The number of nitrogens with one attached hydrogen (secondary N) is 1. The van der Waals surface area contributed by atoms with E-state index in [0.717, 1.165) is 10.2 Å². The molecule has 1 amide bonds. The summed E-state index contributed by atoms with van der Waals surface area (Å²) in [6.07, 6.45) is 0. The number of fused-ring (bicyclic) bond motifs is 1. The molecule has 0 bridgehead atoms. The van der Waals surface area contributed by atoms with E-state index in [1.165, 1.54) is 23.5 Å². The fourth-order valence-corrected chi connectivity index (χ4v) is 3.46. The van der Waals surface area contributed by atoms with Crippen molar-refractivity contribution in [1.82, 2.24) is 4.98 Å². The lowest BCUT2D eigenvalue weighted by Gasteiger charge is -2.06. The lowest BCUT2D eigenvalue weighted by molar-refractivity contribution is -0.111. The summed E-state index contributed by atoms with van der Waals surface area (Å²) in [5, 5.41) is 5.38. The molecule has 122 valence electrons. The molecular formula is C15H9Cl3N4OS. The van der Waals surface area contributed by atoms with Crippen molar-refractivity contribution in [2.45, 2.75) is 0 Å². The van der Waals surface area contributed by atoms with Crippen molar-refractivity contribution in [3.05, 3.63) is 56.5 Å². The zero-order valence-electron chi connectivity index (χ0n) is 11.9. The van der Waals surface area contributed by atoms with Crippen molar-refractivity contribution in [3.63, 3.8) is 0 Å². The maximum atomic E-state index is 11.7. The molecular weight excluding hydrogens is 391 g/mol. The highest BCUT2D eigenvalue weighted by atomic mass is 35.5. The third kappa shape index (κ3) is 3.47. The van der Waals surface area contributed by atoms with Crippen molar-refractivity contribution in [2.75, 3.05) is 5.43 Å². The van der Waals surface area contributed by atoms with Crippen LogP contribution in [0.3, 0.4) is 0 Å². The summed E-state index contributed by atoms with van der Waals surface area (Å²) < 4.78 is 0.925. The Labute approximate surface area is 156 Å². The smallest absolute Gasteiger partial charge is 0.272 e. The van der Waals surface area contributed by atoms with Gasteiger partial charge in [0.25, 0.3) is 5.91 Å². The average molecular weight is 400 g/mol. The molecule has 0 atom stereocenters. The summed E-state index contributed by atoms with van der Waals surface area (Å²) in [5.41, 5.74) is 9.26. The highest BCUT2D eigenvalue weighted by Gasteiger charge is 2.16. The van der Waals surface area contributed by atoms with Crippen LogP contribution in [0.2, 0.25) is 15.1 Å². The second kappa shape index (κ2) is 6.94. The molecule has 3 rings (SSSR count). The number of thiazole rings is 1. The molecule has 3 N–H and O–H groups in total. The van der Waals surface area contributed by atoms with Gasteiger partial charge >= 0.3 is 0 Å². The van der Waals surface area contributed by atoms with Gasteiger partial charge in [-0.2, -0.15) is 5.10 Å². The number of hydrogen-bond acceptors (Lipinski definition) is 5. The van der Waals surface area contributed by atoms with E-state index in [2.05, 4.69) is 15.5 Å². The average Bonchev–Trinajstić information content (AvgIpc) is 2.95. The van der Waals surface area contributed by atoms with Crippen molar-refractivity contribution >= 4 is 73.7 Å². The van der Waals surface area contributed by atoms with Gasteiger partial charge in [-0.3, -0.25) is 10.2 Å². The van der Waals surface area contributed by atoms with Crippen LogP contribution in [0, 0.1) is 0 Å². The lowest BCUT2D eigenvalue weighted by Crippen LogP contribution is -2.25. The number of nitrogens with two attached hydrogens (primary N) is 1. The Morgan fingerprint density at radius 1 is 1.12 bits per heavy atom. The molecule has 2 aromatic carbocycles. The molecule has 5 nitrogen and oxygen atoms in total. The molecule has 0 aliphatic carbocycles. The number of hydrazone groups is 1. The third-order valence-corrected chi connectivity index (χ3v) is 5.11. The Hall–Kier alpha value is -1.86. The van der Waals surface area contributed by atoms with E-state index in [0.29, 0.717) is 25.8 Å². The Morgan fingerprint density at radius 3 is 2.54 bits per heavy atom. The summed E-state index contributed by atoms with van der Waals surface area (Å²) in [5.74, 6) is -0.710. The number of rotatable bonds is 4. The van der Waals surface area contributed by atoms with Crippen LogP contribution in [0.1, 0.15) is 5.01 Å². The van der Waals surface area contributed by atoms with Crippen LogP contribution in [-0.2, 0) is 4.79 Å². The summed E-state index contributed by atoms with van der Waals surface area (Å²) in [6, 6.07) is 10.5. The minimum atomic E-state index is -0.710. The minimum Gasteiger partial charge on any atom is -0.364 e. The molecule has 1 heterocycles. The third-order valence-electron chi connectivity index (χ3n) is 3.03. The molecule has 0 spiro atoms. The van der Waals surface area contributed by atoms with Crippen molar-refractivity contribution in [1.29, 1.82) is 0 Å². The minimum absolute atomic E-state index is 0.00154. The summed E-state index contributed by atoms with van der Waals surface area (Å²) in [4.78, 5) is 16.1. The molecule has 0 saturated carbocycles. The van der Waals surface area contributed by atoms with Crippen molar-refractivity contribution in [2.24, 2.45) is 10.8 Å². The predicted octanol–water partition coefficient (Wildman–Crippen LogP) is 4.56. The van der Waals surface area contributed by atoms with Crippen LogP contribution < -0.4 is 11.2 Å². The molecule has 0 aliphatic rings. The van der Waals surface area contributed by atoms with Gasteiger partial charge in [-0.15, -0.1) is 11.3 Å². The summed E-state index contributed by atoms with van der Waals surface area (Å²) in [6.45, 7) is 0. The van der Waals surface area contributed by atoms with Crippen LogP contribution in [0.25, 0.3) is 10.2 Å². The quantitative estimate of drug-likeness (QED) is 0.383. The molecule has 1 aromatic heterocycles. The van der Waals surface area contributed by atoms with Gasteiger partial charge < -0.3 is 5.73 Å². The van der Waals surface area contributed by atoms with Gasteiger partial charge in [0, 0.05) is 0 Å². The van der Waals surface area contributed by atoms with Crippen LogP contribution in [0.5, 0.6) is 0 Å². The predicted molar refractivity (Wildman–Crippen MR) is 100 cm³/mol. The molecule has 0 fully saturated rings. The second-order valence-corrected chi connectivity index (χ2v) is 6.92. The Kier molecular flexibility index (Phi) is 4.91. The molecule has 9 heteroatoms. The molecule has 0 aliphatic heterocycles. The van der Waals surface area contributed by atoms with E-state index in [1.54, 1.807) is 0 Å². The number of anilines is 1. The maximum absolute atomic E-state index is 11.7. The van der Waals surface area contributed by atoms with E-state index in [4.69, 9.17) is 40.5 Å². The van der Waals surface area contributed by atoms with Gasteiger partial charge in [-0.1, -0.05) is 46.9 Å². The van der Waals surface area contributed by atoms with E-state index >= 15 is 0 Å². The van der Waals surface area contributed by atoms with Crippen LogP contribution in [0.4, 0.5) is 5.69 Å². The number of amides is 1. The molecule has 24 heavy (non-hydrogen) atoms. The number of benzene rings is 2. The monoisotopic (exact) mass is 398 g/mol. The van der Waals surface area contributed by atoms with Crippen LogP contribution in [0.15, 0.2) is 41.5 Å². The number of nitrogens with zero attached hydrogens (tertiary/aromatic N) is 2. The number of halogens is 3. The topological polar surface area (TPSA) is 80.4 Å². The molecule has 0 saturated heterocycles. The van der Waals surface area contributed by atoms with Gasteiger partial charge in [0.2, 0.25) is 0 Å². The zero-order valence-corrected chi connectivity index (χ0v) is 15.0. The maximum Gasteiger partial charge on any atom is 0.272 e. The first-order chi connectivity index (χ1) is 11.5. The summed E-state index contributed by atoms with van der Waals surface area (Å²) >= 11 is 19.2. The first kappa shape index (κ1) is 17.0. The largest absolute Gasteiger partial charge is 0.364 e. The van der Waals surface area contributed by atoms with Crippen molar-refractivity contribution in [3.8, 4) is 0 Å². The van der Waals surface area contributed by atoms with Gasteiger partial charge in [0.05, 0.1) is 31.0 Å². The first-order valence-corrected chi connectivity index (χ1v) is 8.54. The van der Waals surface area contributed by atoms with Gasteiger partial charge in [0.15, 0.2) is 10.7 Å². The van der Waals surface area contributed by atoms with E-state index in [-0.39, 0.29) is 5.71 Å². The molecule has 3 aromatic rings. The first-order valence-electron chi connectivity index (χ1n) is 6.59. The number of aromatic nitrogens is 1. The highest BCUT2D eigenvalue weighted by Crippen LogP contribution is 2.32. The number of para-hydroxylation sites is 1. The van der Waals surface area contributed by atoms with Crippen LogP contribution >= 0.6 is 46.1 Å². The Morgan fingerprint density at radius 2 is 1.83 bits per heavy atom. The Bertz CT molecular complexity index is 938. The van der Waals surface area contributed by atoms with Gasteiger partial charge in [-0.05, 0) is 24.3 Å². The van der Waals surface area contributed by atoms with Crippen LogP contribution in [-0.4, -0.2) is 16.6 Å². The number of primary amides is 1. The van der Waals surface area contributed by atoms with Gasteiger partial charge in [-0.25, -0.2) is 4.98 Å². The molecule has 0 unspecified atom stereocenters. The lowest BCUT2D eigenvalue weighted by atomic mass is 10.3. The highest BCUT2D eigenvalue weighted by molar-refractivity contribution is 7.21. The standard InChI is InChI=1S/C15H9Cl3N4OS/c16-7-5-9(18)11(6-8(7)17)21-22-13(14(19)23)15-20-10-3-1-2-4-12(10)24-15/h1-6,21H,(H2,19,23). The second-order valence-electron chi connectivity index (χ2n) is 4.67. The van der Waals surface area contributed by atoms with E-state index in [1.807, 2.05) is 24.3 Å². The summed E-state index contributed by atoms with van der Waals surface area (Å²) in [7, 11) is 0.